The number of rotatable bonds is 1. The van der Waals surface area contributed by atoms with Crippen LogP contribution in [0.25, 0.3) is 0 Å². The predicted octanol–water partition coefficient (Wildman–Crippen LogP) is 0.464. The zero-order chi connectivity index (χ0) is 9.26. The predicted molar refractivity (Wildman–Crippen MR) is 51.3 cm³/mol. The molecule has 2 rings (SSSR count). The third kappa shape index (κ3) is 1.85. The number of hydrogen-bond donors (Lipinski definition) is 1. The van der Waals surface area contributed by atoms with Crippen LogP contribution in [-0.4, -0.2) is 37.0 Å². The summed E-state index contributed by atoms with van der Waals surface area (Å²) in [7, 11) is 0. The van der Waals surface area contributed by atoms with Crippen LogP contribution in [0, 0.1) is 11.8 Å². The van der Waals surface area contributed by atoms with E-state index in [1.807, 2.05) is 4.90 Å². The summed E-state index contributed by atoms with van der Waals surface area (Å²) < 4.78 is 0. The van der Waals surface area contributed by atoms with Crippen molar-refractivity contribution in [2.45, 2.75) is 19.8 Å². The molecule has 1 unspecified atom stereocenters. The molecule has 0 bridgehead atoms. The van der Waals surface area contributed by atoms with E-state index in [9.17, 15) is 4.79 Å². The zero-order valence-electron chi connectivity index (χ0n) is 8.25. The van der Waals surface area contributed by atoms with Crippen molar-refractivity contribution >= 4 is 5.91 Å². The molecular formula is C10H18N2O. The summed E-state index contributed by atoms with van der Waals surface area (Å²) in [5.41, 5.74) is 0. The first-order chi connectivity index (χ1) is 6.27. The number of likely N-dealkylation sites (tertiary alicyclic amines) is 1. The van der Waals surface area contributed by atoms with E-state index in [-0.39, 0.29) is 5.91 Å². The third-order valence-corrected chi connectivity index (χ3v) is 3.38. The van der Waals surface area contributed by atoms with Gasteiger partial charge < -0.3 is 10.2 Å². The molecule has 2 saturated heterocycles. The maximum Gasteiger partial charge on any atom is 0.219 e. The molecule has 0 aromatic heterocycles. The Kier molecular flexibility index (Phi) is 2.54. The molecule has 0 aromatic carbocycles. The second kappa shape index (κ2) is 3.66. The normalized spacial score (nSPS) is 29.9. The maximum absolute atomic E-state index is 11.2. The lowest BCUT2D eigenvalue weighted by Gasteiger charge is -2.40. The van der Waals surface area contributed by atoms with Crippen LogP contribution in [0.1, 0.15) is 19.8 Å². The molecule has 0 aliphatic carbocycles. The van der Waals surface area contributed by atoms with Crippen LogP contribution in [0.3, 0.4) is 0 Å². The number of piperidine rings is 1. The Labute approximate surface area is 79.5 Å². The van der Waals surface area contributed by atoms with Gasteiger partial charge >= 0.3 is 0 Å². The van der Waals surface area contributed by atoms with Crippen LogP contribution in [0.15, 0.2) is 0 Å². The lowest BCUT2D eigenvalue weighted by molar-refractivity contribution is -0.131. The molecular weight excluding hydrogens is 164 g/mol. The highest BCUT2D eigenvalue weighted by Gasteiger charge is 2.31. The van der Waals surface area contributed by atoms with Crippen LogP contribution in [0.5, 0.6) is 0 Å². The maximum atomic E-state index is 11.2. The summed E-state index contributed by atoms with van der Waals surface area (Å²) in [5.74, 6) is 1.85. The number of carbonyl (C=O) groups excluding carboxylic acids is 1. The molecule has 2 fully saturated rings. The molecule has 2 aliphatic heterocycles. The van der Waals surface area contributed by atoms with Gasteiger partial charge in [-0.25, -0.2) is 0 Å². The molecule has 0 saturated carbocycles. The first kappa shape index (κ1) is 9.00. The summed E-state index contributed by atoms with van der Waals surface area (Å²) in [5, 5.41) is 3.30. The van der Waals surface area contributed by atoms with Crippen LogP contribution < -0.4 is 5.32 Å². The Hall–Kier alpha value is -0.570. The first-order valence-corrected chi connectivity index (χ1v) is 5.23. The quantitative estimate of drug-likeness (QED) is 0.639. The molecule has 0 aromatic rings. The first-order valence-electron chi connectivity index (χ1n) is 5.23. The highest BCUT2D eigenvalue weighted by Crippen LogP contribution is 2.26. The lowest BCUT2D eigenvalue weighted by atomic mass is 9.82. The fourth-order valence-electron chi connectivity index (χ4n) is 2.33. The monoisotopic (exact) mass is 182 g/mol. The average Bonchev–Trinajstić information content (AvgIpc) is 2.01. The van der Waals surface area contributed by atoms with Gasteiger partial charge in [0.05, 0.1) is 0 Å². The molecule has 3 heteroatoms. The molecule has 2 aliphatic rings. The molecule has 1 atom stereocenters. The minimum atomic E-state index is 0.247. The molecule has 2 heterocycles. The SMILES string of the molecule is CC(=O)N1CCCC(C2CNC2)C1. The van der Waals surface area contributed by atoms with Crippen molar-refractivity contribution in [2.24, 2.45) is 11.8 Å². The second-order valence-electron chi connectivity index (χ2n) is 4.29. The molecule has 1 amide bonds. The number of carbonyl (C=O) groups is 1. The van der Waals surface area contributed by atoms with Crippen molar-refractivity contribution in [2.75, 3.05) is 26.2 Å². The van der Waals surface area contributed by atoms with Gasteiger partial charge in [-0.2, -0.15) is 0 Å². The minimum Gasteiger partial charge on any atom is -0.343 e. The highest BCUT2D eigenvalue weighted by molar-refractivity contribution is 5.73. The van der Waals surface area contributed by atoms with E-state index < -0.39 is 0 Å². The molecule has 3 nitrogen and oxygen atoms in total. The summed E-state index contributed by atoms with van der Waals surface area (Å²) >= 11 is 0. The molecule has 74 valence electrons. The van der Waals surface area contributed by atoms with Crippen molar-refractivity contribution in [1.29, 1.82) is 0 Å². The fraction of sp³-hybridized carbons (Fsp3) is 0.900. The molecule has 1 N–H and O–H groups in total. The smallest absolute Gasteiger partial charge is 0.219 e. The van der Waals surface area contributed by atoms with Gasteiger partial charge in [-0.1, -0.05) is 0 Å². The lowest BCUT2D eigenvalue weighted by Crippen LogP contribution is -2.51. The van der Waals surface area contributed by atoms with Gasteiger partial charge in [0.1, 0.15) is 0 Å². The minimum absolute atomic E-state index is 0.247. The second-order valence-corrected chi connectivity index (χ2v) is 4.29. The van der Waals surface area contributed by atoms with Crippen molar-refractivity contribution in [3.63, 3.8) is 0 Å². The molecule has 13 heavy (non-hydrogen) atoms. The number of amides is 1. The highest BCUT2D eigenvalue weighted by atomic mass is 16.2. The number of hydrogen-bond acceptors (Lipinski definition) is 2. The Morgan fingerprint density at radius 3 is 2.69 bits per heavy atom. The Bertz CT molecular complexity index is 201. The van der Waals surface area contributed by atoms with Crippen molar-refractivity contribution < 1.29 is 4.79 Å². The summed E-state index contributed by atoms with van der Waals surface area (Å²) in [6.07, 6.45) is 2.51. The van der Waals surface area contributed by atoms with Crippen LogP contribution >= 0.6 is 0 Å². The Balaban J connectivity index is 1.87. The van der Waals surface area contributed by atoms with Gasteiger partial charge in [0.15, 0.2) is 0 Å². The summed E-state index contributed by atoms with van der Waals surface area (Å²) in [4.78, 5) is 13.2. The van der Waals surface area contributed by atoms with Gasteiger partial charge in [0, 0.05) is 20.0 Å². The van der Waals surface area contributed by atoms with Gasteiger partial charge in [-0.05, 0) is 37.8 Å². The largest absolute Gasteiger partial charge is 0.343 e. The summed E-state index contributed by atoms with van der Waals surface area (Å²) in [6.45, 7) is 5.99. The Morgan fingerprint density at radius 2 is 2.15 bits per heavy atom. The van der Waals surface area contributed by atoms with E-state index in [1.54, 1.807) is 6.92 Å². The molecule has 0 spiro atoms. The number of nitrogens with zero attached hydrogens (tertiary/aromatic N) is 1. The van der Waals surface area contributed by atoms with Crippen LogP contribution in [-0.2, 0) is 4.79 Å². The van der Waals surface area contributed by atoms with E-state index >= 15 is 0 Å². The van der Waals surface area contributed by atoms with Gasteiger partial charge in [-0.15, -0.1) is 0 Å². The standard InChI is InChI=1S/C10H18N2O/c1-8(13)12-4-2-3-9(7-12)10-5-11-6-10/h9-11H,2-7H2,1H3. The third-order valence-electron chi connectivity index (χ3n) is 3.38. The number of nitrogens with one attached hydrogen (secondary N) is 1. The topological polar surface area (TPSA) is 32.3 Å². The van der Waals surface area contributed by atoms with Gasteiger partial charge in [-0.3, -0.25) is 4.79 Å². The van der Waals surface area contributed by atoms with Crippen molar-refractivity contribution in [3.05, 3.63) is 0 Å². The van der Waals surface area contributed by atoms with Crippen molar-refractivity contribution in [3.8, 4) is 0 Å². The van der Waals surface area contributed by atoms with Gasteiger partial charge in [0.25, 0.3) is 0 Å². The van der Waals surface area contributed by atoms with E-state index in [4.69, 9.17) is 0 Å². The Morgan fingerprint density at radius 1 is 1.38 bits per heavy atom. The van der Waals surface area contributed by atoms with E-state index in [2.05, 4.69) is 5.32 Å². The van der Waals surface area contributed by atoms with E-state index in [0.717, 1.165) is 38.0 Å². The zero-order valence-corrected chi connectivity index (χ0v) is 8.25. The van der Waals surface area contributed by atoms with Crippen LogP contribution in [0.2, 0.25) is 0 Å². The van der Waals surface area contributed by atoms with Crippen molar-refractivity contribution in [1.82, 2.24) is 10.2 Å². The van der Waals surface area contributed by atoms with Gasteiger partial charge in [0.2, 0.25) is 5.91 Å². The van der Waals surface area contributed by atoms with E-state index in [1.165, 1.54) is 12.8 Å². The summed E-state index contributed by atoms with van der Waals surface area (Å²) in [6, 6.07) is 0. The fourth-order valence-corrected chi connectivity index (χ4v) is 2.33. The van der Waals surface area contributed by atoms with E-state index in [0.29, 0.717) is 0 Å². The molecule has 0 radical (unpaired) electrons. The van der Waals surface area contributed by atoms with Crippen LogP contribution in [0.4, 0.5) is 0 Å². The average molecular weight is 182 g/mol.